The van der Waals surface area contributed by atoms with Crippen molar-refractivity contribution in [2.24, 2.45) is 5.92 Å². The van der Waals surface area contributed by atoms with Gasteiger partial charge < -0.3 is 5.11 Å². The molecule has 1 saturated carbocycles. The number of hydrogen-bond donors (Lipinski definition) is 1. The zero-order valence-electron chi connectivity index (χ0n) is 13.3. The number of hydrogen-bond acceptors (Lipinski definition) is 2. The van der Waals surface area contributed by atoms with Crippen LogP contribution < -0.4 is 0 Å². The van der Waals surface area contributed by atoms with Crippen LogP contribution in [0.15, 0.2) is 24.3 Å². The lowest BCUT2D eigenvalue weighted by Crippen LogP contribution is -2.31. The van der Waals surface area contributed by atoms with Crippen LogP contribution in [0.2, 0.25) is 0 Å². The average molecular weight is 301 g/mol. The molecule has 0 bridgehead atoms. The van der Waals surface area contributed by atoms with Crippen LogP contribution in [0.4, 0.5) is 0 Å². The first-order valence-corrected chi connectivity index (χ1v) is 8.78. The minimum Gasteiger partial charge on any atom is -0.478 e. The van der Waals surface area contributed by atoms with Crippen molar-refractivity contribution in [2.45, 2.75) is 64.0 Å². The molecule has 120 valence electrons. The van der Waals surface area contributed by atoms with Gasteiger partial charge in [0.15, 0.2) is 0 Å². The molecular formula is C19H27NO2. The number of carboxylic acids is 1. The van der Waals surface area contributed by atoms with Crippen LogP contribution in [0.3, 0.4) is 0 Å². The first-order chi connectivity index (χ1) is 10.7. The van der Waals surface area contributed by atoms with Crippen molar-refractivity contribution < 1.29 is 9.90 Å². The number of aromatic carboxylic acids is 1. The lowest BCUT2D eigenvalue weighted by Gasteiger charge is -2.30. The van der Waals surface area contributed by atoms with E-state index in [2.05, 4.69) is 11.0 Å². The van der Waals surface area contributed by atoms with Crippen molar-refractivity contribution in [2.75, 3.05) is 6.54 Å². The maximum absolute atomic E-state index is 11.1. The molecule has 1 atom stereocenters. The number of benzene rings is 1. The van der Waals surface area contributed by atoms with Gasteiger partial charge in [-0.3, -0.25) is 4.90 Å². The Kier molecular flexibility index (Phi) is 5.14. The van der Waals surface area contributed by atoms with Crippen molar-refractivity contribution in [3.63, 3.8) is 0 Å². The molecule has 22 heavy (non-hydrogen) atoms. The Bertz CT molecular complexity index is 508. The van der Waals surface area contributed by atoms with Crippen LogP contribution in [0.25, 0.3) is 0 Å². The zero-order chi connectivity index (χ0) is 15.4. The van der Waals surface area contributed by atoms with E-state index in [1.807, 2.05) is 12.1 Å². The number of likely N-dealkylation sites (tertiary alicyclic amines) is 1. The molecule has 0 radical (unpaired) electrons. The van der Waals surface area contributed by atoms with Gasteiger partial charge in [-0.2, -0.15) is 0 Å². The molecule has 0 amide bonds. The SMILES string of the molecule is O=C(O)c1cccc(CN2CCCC2CC2CCCCC2)c1. The topological polar surface area (TPSA) is 40.5 Å². The summed E-state index contributed by atoms with van der Waals surface area (Å²) in [6, 6.07) is 8.14. The maximum Gasteiger partial charge on any atom is 0.335 e. The van der Waals surface area contributed by atoms with E-state index >= 15 is 0 Å². The molecule has 1 unspecified atom stereocenters. The van der Waals surface area contributed by atoms with Gasteiger partial charge in [-0.1, -0.05) is 44.2 Å². The molecule has 3 heteroatoms. The minimum absolute atomic E-state index is 0.403. The molecule has 1 aliphatic carbocycles. The summed E-state index contributed by atoms with van der Waals surface area (Å²) in [7, 11) is 0. The highest BCUT2D eigenvalue weighted by Crippen LogP contribution is 2.32. The summed E-state index contributed by atoms with van der Waals surface area (Å²) in [6.45, 7) is 2.06. The van der Waals surface area contributed by atoms with E-state index in [0.717, 1.165) is 24.6 Å². The van der Waals surface area contributed by atoms with Crippen molar-refractivity contribution >= 4 is 5.97 Å². The molecular weight excluding hydrogens is 274 g/mol. The van der Waals surface area contributed by atoms with Gasteiger partial charge in [0, 0.05) is 12.6 Å². The second-order valence-corrected chi connectivity index (χ2v) is 7.01. The predicted molar refractivity (Wildman–Crippen MR) is 88.0 cm³/mol. The van der Waals surface area contributed by atoms with Gasteiger partial charge >= 0.3 is 5.97 Å². The molecule has 2 fully saturated rings. The van der Waals surface area contributed by atoms with Gasteiger partial charge in [-0.15, -0.1) is 0 Å². The first kappa shape index (κ1) is 15.5. The first-order valence-electron chi connectivity index (χ1n) is 8.78. The van der Waals surface area contributed by atoms with Crippen LogP contribution in [-0.2, 0) is 6.54 Å². The molecule has 0 spiro atoms. The van der Waals surface area contributed by atoms with Crippen molar-refractivity contribution in [1.82, 2.24) is 4.90 Å². The highest BCUT2D eigenvalue weighted by atomic mass is 16.4. The normalized spacial score (nSPS) is 23.7. The van der Waals surface area contributed by atoms with Crippen LogP contribution in [0.1, 0.15) is 67.3 Å². The Hall–Kier alpha value is -1.35. The standard InChI is InChI=1S/C19H27NO2/c21-19(22)17-9-4-8-16(12-17)14-20-11-5-10-18(20)13-15-6-2-1-3-7-15/h4,8-9,12,15,18H,1-3,5-7,10-11,13-14H2,(H,21,22). The fourth-order valence-corrected chi connectivity index (χ4v) is 4.22. The maximum atomic E-state index is 11.1. The van der Waals surface area contributed by atoms with Crippen molar-refractivity contribution in [3.8, 4) is 0 Å². The Balaban J connectivity index is 1.60. The molecule has 1 aromatic rings. The smallest absolute Gasteiger partial charge is 0.335 e. The third-order valence-electron chi connectivity index (χ3n) is 5.39. The van der Waals surface area contributed by atoms with Gasteiger partial charge in [0.25, 0.3) is 0 Å². The Morgan fingerprint density at radius 3 is 2.73 bits per heavy atom. The molecule has 1 N–H and O–H groups in total. The molecule has 0 aromatic heterocycles. The molecule has 2 aliphatic rings. The quantitative estimate of drug-likeness (QED) is 0.880. The molecule has 3 nitrogen and oxygen atoms in total. The van der Waals surface area contributed by atoms with E-state index in [9.17, 15) is 4.79 Å². The monoisotopic (exact) mass is 301 g/mol. The summed E-state index contributed by atoms with van der Waals surface area (Å²) in [5, 5.41) is 9.12. The second kappa shape index (κ2) is 7.28. The van der Waals surface area contributed by atoms with Gasteiger partial charge in [0.05, 0.1) is 5.56 Å². The second-order valence-electron chi connectivity index (χ2n) is 7.01. The fourth-order valence-electron chi connectivity index (χ4n) is 4.22. The van der Waals surface area contributed by atoms with Gasteiger partial charge in [0.2, 0.25) is 0 Å². The minimum atomic E-state index is -0.831. The lowest BCUT2D eigenvalue weighted by atomic mass is 9.84. The van der Waals surface area contributed by atoms with E-state index in [1.54, 1.807) is 6.07 Å². The molecule has 1 saturated heterocycles. The Morgan fingerprint density at radius 2 is 1.95 bits per heavy atom. The van der Waals surface area contributed by atoms with E-state index in [1.165, 1.54) is 51.4 Å². The number of nitrogens with zero attached hydrogens (tertiary/aromatic N) is 1. The van der Waals surface area contributed by atoms with E-state index in [4.69, 9.17) is 5.11 Å². The van der Waals surface area contributed by atoms with Crippen LogP contribution in [-0.4, -0.2) is 28.6 Å². The molecule has 1 aliphatic heterocycles. The third-order valence-corrected chi connectivity index (χ3v) is 5.39. The van der Waals surface area contributed by atoms with E-state index in [0.29, 0.717) is 11.6 Å². The van der Waals surface area contributed by atoms with Crippen molar-refractivity contribution in [1.29, 1.82) is 0 Å². The number of carboxylic acid groups (broad SMARTS) is 1. The summed E-state index contributed by atoms with van der Waals surface area (Å²) < 4.78 is 0. The van der Waals surface area contributed by atoms with E-state index in [-0.39, 0.29) is 0 Å². The van der Waals surface area contributed by atoms with Crippen LogP contribution in [0.5, 0.6) is 0 Å². The summed E-state index contributed by atoms with van der Waals surface area (Å²) in [5.41, 5.74) is 1.54. The molecule has 3 rings (SSSR count). The Morgan fingerprint density at radius 1 is 1.14 bits per heavy atom. The predicted octanol–water partition coefficient (Wildman–Crippen LogP) is 4.32. The van der Waals surface area contributed by atoms with Gasteiger partial charge in [0.1, 0.15) is 0 Å². The summed E-state index contributed by atoms with van der Waals surface area (Å²) in [6.07, 6.45) is 11.0. The molecule has 1 aromatic carbocycles. The summed E-state index contributed by atoms with van der Waals surface area (Å²) in [4.78, 5) is 13.7. The van der Waals surface area contributed by atoms with Gasteiger partial charge in [-0.25, -0.2) is 4.79 Å². The van der Waals surface area contributed by atoms with Crippen LogP contribution in [0, 0.1) is 5.92 Å². The highest BCUT2D eigenvalue weighted by molar-refractivity contribution is 5.87. The summed E-state index contributed by atoms with van der Waals surface area (Å²) >= 11 is 0. The van der Waals surface area contributed by atoms with Gasteiger partial charge in [-0.05, 0) is 49.4 Å². The average Bonchev–Trinajstić information content (AvgIpc) is 2.95. The lowest BCUT2D eigenvalue weighted by molar-refractivity contribution is 0.0696. The largest absolute Gasteiger partial charge is 0.478 e. The zero-order valence-corrected chi connectivity index (χ0v) is 13.3. The number of rotatable bonds is 5. The third kappa shape index (κ3) is 3.89. The summed E-state index contributed by atoms with van der Waals surface area (Å²) in [5.74, 6) is 0.0896. The highest BCUT2D eigenvalue weighted by Gasteiger charge is 2.27. The van der Waals surface area contributed by atoms with E-state index < -0.39 is 5.97 Å². The number of carbonyl (C=O) groups is 1. The Labute approximate surface area is 133 Å². The van der Waals surface area contributed by atoms with Crippen LogP contribution >= 0.6 is 0 Å². The fraction of sp³-hybridized carbons (Fsp3) is 0.632. The molecule has 1 heterocycles. The van der Waals surface area contributed by atoms with Crippen molar-refractivity contribution in [3.05, 3.63) is 35.4 Å².